The number of rotatable bonds is 7. The first-order chi connectivity index (χ1) is 17.8. The lowest BCUT2D eigenvalue weighted by molar-refractivity contribution is -0.113. The molecule has 188 valence electrons. The summed E-state index contributed by atoms with van der Waals surface area (Å²) in [4.78, 5) is 21.2. The van der Waals surface area contributed by atoms with Gasteiger partial charge in [-0.05, 0) is 48.0 Å². The number of aromatic nitrogens is 2. The van der Waals surface area contributed by atoms with Crippen molar-refractivity contribution in [3.8, 4) is 17.0 Å². The summed E-state index contributed by atoms with van der Waals surface area (Å²) in [6.07, 6.45) is 1.29. The molecule has 8 nitrogen and oxygen atoms in total. The van der Waals surface area contributed by atoms with Crippen LogP contribution in [0.25, 0.3) is 11.3 Å². The van der Waals surface area contributed by atoms with E-state index in [0.717, 1.165) is 17.3 Å². The number of hydrogen-bond donors (Lipinski definition) is 1. The molecule has 0 fully saturated rings. The topological polar surface area (TPSA) is 101 Å². The lowest BCUT2D eigenvalue weighted by Gasteiger charge is -2.31. The number of amides is 1. The molecule has 3 aromatic carbocycles. The number of carbonyl (C=O) groups is 1. The number of methoxy groups -OCH3 is 1. The van der Waals surface area contributed by atoms with Gasteiger partial charge >= 0.3 is 0 Å². The predicted molar refractivity (Wildman–Crippen MR) is 145 cm³/mol. The highest BCUT2D eigenvalue weighted by molar-refractivity contribution is 7.99. The minimum absolute atomic E-state index is 0.00904. The van der Waals surface area contributed by atoms with Crippen molar-refractivity contribution in [1.82, 2.24) is 9.97 Å². The van der Waals surface area contributed by atoms with Gasteiger partial charge in [-0.15, -0.1) is 0 Å². The minimum Gasteiger partial charge on any atom is -0.497 e. The molecule has 0 saturated heterocycles. The number of carbonyl (C=O) groups excluding carboxylic acids is 1. The molecule has 0 saturated carbocycles. The van der Waals surface area contributed by atoms with Crippen LogP contribution in [0.4, 0.5) is 11.4 Å². The molecule has 1 aliphatic heterocycles. The number of hydrogen-bond acceptors (Lipinski definition) is 7. The Labute approximate surface area is 223 Å². The molecule has 0 spiro atoms. The van der Waals surface area contributed by atoms with Gasteiger partial charge in [0.15, 0.2) is 5.16 Å². The molecule has 1 aromatic heterocycles. The first-order valence-electron chi connectivity index (χ1n) is 11.2. The summed E-state index contributed by atoms with van der Waals surface area (Å²) < 4.78 is 33.7. The van der Waals surface area contributed by atoms with Crippen LogP contribution in [0.5, 0.6) is 5.75 Å². The average Bonchev–Trinajstić information content (AvgIpc) is 2.91. The maximum atomic E-state index is 13.6. The summed E-state index contributed by atoms with van der Waals surface area (Å²) in [5.74, 6) is 0.481. The summed E-state index contributed by atoms with van der Waals surface area (Å²) in [7, 11) is -2.36. The zero-order valence-corrected chi connectivity index (χ0v) is 22.0. The van der Waals surface area contributed by atoms with Crippen molar-refractivity contribution in [3.05, 3.63) is 89.6 Å². The van der Waals surface area contributed by atoms with Gasteiger partial charge in [0.05, 0.1) is 37.0 Å². The third kappa shape index (κ3) is 5.27. The Bertz CT molecular complexity index is 1570. The number of sulfonamides is 1. The number of halogens is 1. The van der Waals surface area contributed by atoms with Gasteiger partial charge in [0, 0.05) is 16.3 Å². The molecule has 0 atom stereocenters. The van der Waals surface area contributed by atoms with E-state index in [0.29, 0.717) is 27.7 Å². The fourth-order valence-corrected chi connectivity index (χ4v) is 6.24. The number of thioether (sulfide) groups is 1. The molecule has 4 aromatic rings. The van der Waals surface area contributed by atoms with E-state index in [1.807, 2.05) is 30.3 Å². The summed E-state index contributed by atoms with van der Waals surface area (Å²) in [6.45, 7) is 0.152. The van der Waals surface area contributed by atoms with Crippen molar-refractivity contribution in [2.75, 3.05) is 22.5 Å². The van der Waals surface area contributed by atoms with Crippen LogP contribution in [0.1, 0.15) is 5.56 Å². The minimum atomic E-state index is -3.94. The Morgan fingerprint density at radius 2 is 1.84 bits per heavy atom. The Morgan fingerprint density at radius 1 is 1.08 bits per heavy atom. The quantitative estimate of drug-likeness (QED) is 0.247. The van der Waals surface area contributed by atoms with Crippen LogP contribution >= 0.6 is 23.4 Å². The predicted octanol–water partition coefficient (Wildman–Crippen LogP) is 5.25. The third-order valence-electron chi connectivity index (χ3n) is 5.66. The van der Waals surface area contributed by atoms with E-state index in [2.05, 4.69) is 15.3 Å². The fraction of sp³-hybridized carbons (Fsp3) is 0.115. The van der Waals surface area contributed by atoms with Crippen molar-refractivity contribution in [2.45, 2.75) is 16.6 Å². The van der Waals surface area contributed by atoms with Crippen molar-refractivity contribution < 1.29 is 17.9 Å². The molecule has 1 N–H and O–H groups in total. The van der Waals surface area contributed by atoms with E-state index in [1.165, 1.54) is 10.5 Å². The van der Waals surface area contributed by atoms with Crippen LogP contribution in [0.2, 0.25) is 5.02 Å². The highest BCUT2D eigenvalue weighted by atomic mass is 35.5. The van der Waals surface area contributed by atoms with Gasteiger partial charge in [0.2, 0.25) is 5.91 Å². The molecule has 1 amide bonds. The molecular weight excluding hydrogens is 532 g/mol. The van der Waals surface area contributed by atoms with Gasteiger partial charge in [-0.1, -0.05) is 53.7 Å². The Morgan fingerprint density at radius 3 is 2.57 bits per heavy atom. The smallest absolute Gasteiger partial charge is 0.268 e. The third-order valence-corrected chi connectivity index (χ3v) is 8.52. The Hall–Kier alpha value is -3.60. The highest BCUT2D eigenvalue weighted by Gasteiger charge is 2.37. The molecule has 1 aliphatic rings. The van der Waals surface area contributed by atoms with Crippen LogP contribution < -0.4 is 14.4 Å². The Balaban J connectivity index is 1.41. The van der Waals surface area contributed by atoms with Crippen LogP contribution in [-0.4, -0.2) is 37.2 Å². The van der Waals surface area contributed by atoms with Crippen molar-refractivity contribution in [3.63, 3.8) is 0 Å². The summed E-state index contributed by atoms with van der Waals surface area (Å²) in [5, 5.41) is 3.53. The molecule has 0 bridgehead atoms. The molecular formula is C26H21ClN4O4S2. The van der Waals surface area contributed by atoms with Gasteiger partial charge in [0.25, 0.3) is 10.0 Å². The summed E-state index contributed by atoms with van der Waals surface area (Å²) in [5.41, 5.74) is 2.79. The van der Waals surface area contributed by atoms with Crippen molar-refractivity contribution in [2.24, 2.45) is 0 Å². The zero-order chi connectivity index (χ0) is 26.0. The number of fused-ring (bicyclic) bond motifs is 3. The first-order valence-corrected chi connectivity index (χ1v) is 14.0. The summed E-state index contributed by atoms with van der Waals surface area (Å²) in [6, 6.07) is 21.3. The van der Waals surface area contributed by atoms with Crippen molar-refractivity contribution in [1.29, 1.82) is 0 Å². The number of nitrogens with one attached hydrogen (secondary N) is 1. The van der Waals surface area contributed by atoms with Crippen LogP contribution in [0.3, 0.4) is 0 Å². The molecule has 0 unspecified atom stereocenters. The first kappa shape index (κ1) is 25.1. The van der Waals surface area contributed by atoms with E-state index in [4.69, 9.17) is 16.3 Å². The maximum Gasteiger partial charge on any atom is 0.268 e. The van der Waals surface area contributed by atoms with Crippen LogP contribution in [-0.2, 0) is 21.4 Å². The zero-order valence-electron chi connectivity index (χ0n) is 19.6. The van der Waals surface area contributed by atoms with Gasteiger partial charge in [-0.3, -0.25) is 9.10 Å². The van der Waals surface area contributed by atoms with Gasteiger partial charge in [0.1, 0.15) is 10.6 Å². The van der Waals surface area contributed by atoms with Gasteiger partial charge in [-0.2, -0.15) is 0 Å². The second-order valence-corrected chi connectivity index (χ2v) is 11.3. The molecule has 0 aliphatic carbocycles. The molecule has 2 heterocycles. The average molecular weight is 553 g/mol. The molecule has 11 heteroatoms. The SMILES string of the molecule is COc1ccc(NC(=O)CSc2ncc3c(n2)-c2cc(Cl)ccc2N(Cc2ccccc2)S3(=O)=O)cc1. The molecule has 0 radical (unpaired) electrons. The number of benzene rings is 3. The second-order valence-electron chi connectivity index (χ2n) is 8.09. The van der Waals surface area contributed by atoms with E-state index in [1.54, 1.807) is 49.6 Å². The number of ether oxygens (including phenoxy) is 1. The van der Waals surface area contributed by atoms with Gasteiger partial charge in [-0.25, -0.2) is 18.4 Å². The Kier molecular flexibility index (Phi) is 7.05. The van der Waals surface area contributed by atoms with Crippen LogP contribution in [0, 0.1) is 0 Å². The van der Waals surface area contributed by atoms with Crippen LogP contribution in [0.15, 0.2) is 89.0 Å². The second kappa shape index (κ2) is 10.4. The molecule has 5 rings (SSSR count). The van der Waals surface area contributed by atoms with E-state index in [-0.39, 0.29) is 34.0 Å². The van der Waals surface area contributed by atoms with E-state index < -0.39 is 10.0 Å². The normalized spacial score (nSPS) is 13.4. The number of nitrogens with zero attached hydrogens (tertiary/aromatic N) is 3. The standard InChI is InChI=1S/C26H21ClN4O4S2/c1-35-20-10-8-19(9-11-20)29-24(32)16-36-26-28-14-23-25(30-26)21-13-18(27)7-12-22(21)31(37(23,33)34)15-17-5-3-2-4-6-17/h2-14H,15-16H2,1H3,(H,29,32). The lowest BCUT2D eigenvalue weighted by Crippen LogP contribution is -2.34. The summed E-state index contributed by atoms with van der Waals surface area (Å²) >= 11 is 7.39. The highest BCUT2D eigenvalue weighted by Crippen LogP contribution is 2.44. The largest absolute Gasteiger partial charge is 0.497 e. The molecule has 37 heavy (non-hydrogen) atoms. The van der Waals surface area contributed by atoms with Crippen molar-refractivity contribution >= 4 is 50.7 Å². The maximum absolute atomic E-state index is 13.6. The van der Waals surface area contributed by atoms with Gasteiger partial charge < -0.3 is 10.1 Å². The van der Waals surface area contributed by atoms with E-state index in [9.17, 15) is 13.2 Å². The lowest BCUT2D eigenvalue weighted by atomic mass is 10.1. The van der Waals surface area contributed by atoms with E-state index >= 15 is 0 Å². The number of anilines is 2. The fourth-order valence-electron chi connectivity index (χ4n) is 3.89. The monoisotopic (exact) mass is 552 g/mol.